The van der Waals surface area contributed by atoms with Crippen LogP contribution in [-0.4, -0.2) is 9.97 Å². The predicted molar refractivity (Wildman–Crippen MR) is 87.1 cm³/mol. The first kappa shape index (κ1) is 11.5. The highest BCUT2D eigenvalue weighted by atomic mass is 16.3. The molecule has 0 unspecified atom stereocenters. The molecule has 5 rings (SSSR count). The van der Waals surface area contributed by atoms with Crippen LogP contribution in [0, 0.1) is 0 Å². The number of rotatable bonds is 0. The zero-order chi connectivity index (χ0) is 14.7. The second-order valence-corrected chi connectivity index (χ2v) is 5.31. The summed E-state index contributed by atoms with van der Waals surface area (Å²) >= 11 is 0. The fourth-order valence-corrected chi connectivity index (χ4v) is 3.21. The minimum atomic E-state index is -0.255. The lowest BCUT2D eigenvalue weighted by Gasteiger charge is -2.05. The summed E-state index contributed by atoms with van der Waals surface area (Å²) in [6.07, 6.45) is 1.42. The molecule has 0 aliphatic carbocycles. The molecule has 2 heterocycles. The van der Waals surface area contributed by atoms with Crippen LogP contribution in [-0.2, 0) is 0 Å². The maximum atomic E-state index is 12.0. The number of aromatic nitrogens is 2. The van der Waals surface area contributed by atoms with Crippen LogP contribution in [0.4, 0.5) is 0 Å². The van der Waals surface area contributed by atoms with Crippen LogP contribution in [0.15, 0.2) is 64.1 Å². The number of fused-ring (bicyclic) bond motifs is 8. The topological polar surface area (TPSA) is 58.9 Å². The third-order valence-electron chi connectivity index (χ3n) is 4.14. The standard InChI is InChI=1S/C18H10N2O2/c21-18-17-15(19-9-20-18)14-12-7-3-1-5-10(12)11-6-2-4-8-13(11)16(14)22-17/h1-9H,(H,19,20,21). The molecule has 3 aromatic carbocycles. The third-order valence-corrected chi connectivity index (χ3v) is 4.14. The van der Waals surface area contributed by atoms with Crippen molar-refractivity contribution in [1.82, 2.24) is 9.97 Å². The van der Waals surface area contributed by atoms with Gasteiger partial charge < -0.3 is 9.40 Å². The van der Waals surface area contributed by atoms with Crippen LogP contribution in [0.2, 0.25) is 0 Å². The van der Waals surface area contributed by atoms with E-state index >= 15 is 0 Å². The molecule has 0 radical (unpaired) electrons. The smallest absolute Gasteiger partial charge is 0.294 e. The van der Waals surface area contributed by atoms with Crippen molar-refractivity contribution in [3.63, 3.8) is 0 Å². The lowest BCUT2D eigenvalue weighted by molar-refractivity contribution is 0.665. The summed E-state index contributed by atoms with van der Waals surface area (Å²) in [5.41, 5.74) is 1.35. The molecular weight excluding hydrogens is 276 g/mol. The molecule has 104 valence electrons. The summed E-state index contributed by atoms with van der Waals surface area (Å²) in [5, 5.41) is 5.19. The van der Waals surface area contributed by atoms with Gasteiger partial charge in [0.15, 0.2) is 0 Å². The van der Waals surface area contributed by atoms with Crippen LogP contribution < -0.4 is 5.56 Å². The van der Waals surface area contributed by atoms with Gasteiger partial charge in [0, 0.05) is 5.39 Å². The van der Waals surface area contributed by atoms with Crippen molar-refractivity contribution in [1.29, 1.82) is 0 Å². The molecule has 4 nitrogen and oxygen atoms in total. The largest absolute Gasteiger partial charge is 0.448 e. The van der Waals surface area contributed by atoms with Gasteiger partial charge in [0.2, 0.25) is 5.58 Å². The Kier molecular flexibility index (Phi) is 2.07. The fourth-order valence-electron chi connectivity index (χ4n) is 3.21. The van der Waals surface area contributed by atoms with E-state index in [9.17, 15) is 4.79 Å². The van der Waals surface area contributed by atoms with Gasteiger partial charge in [-0.15, -0.1) is 0 Å². The van der Waals surface area contributed by atoms with E-state index in [1.165, 1.54) is 6.33 Å². The van der Waals surface area contributed by atoms with Gasteiger partial charge in [-0.05, 0) is 16.2 Å². The lowest BCUT2D eigenvalue weighted by atomic mass is 9.98. The molecule has 0 amide bonds. The van der Waals surface area contributed by atoms with Gasteiger partial charge in [-0.1, -0.05) is 48.5 Å². The van der Waals surface area contributed by atoms with Gasteiger partial charge in [-0.3, -0.25) is 4.79 Å². The summed E-state index contributed by atoms with van der Waals surface area (Å²) in [4.78, 5) is 18.9. The van der Waals surface area contributed by atoms with Crippen molar-refractivity contribution in [2.75, 3.05) is 0 Å². The van der Waals surface area contributed by atoms with Gasteiger partial charge in [-0.25, -0.2) is 4.98 Å². The number of nitrogens with zero attached hydrogens (tertiary/aromatic N) is 1. The van der Waals surface area contributed by atoms with E-state index in [0.717, 1.165) is 26.9 Å². The highest BCUT2D eigenvalue weighted by Crippen LogP contribution is 2.38. The molecule has 0 aliphatic heterocycles. The van der Waals surface area contributed by atoms with Crippen LogP contribution in [0.1, 0.15) is 0 Å². The van der Waals surface area contributed by atoms with E-state index < -0.39 is 0 Å². The molecule has 2 aromatic heterocycles. The molecule has 4 heteroatoms. The number of hydrogen-bond acceptors (Lipinski definition) is 3. The number of hydrogen-bond donors (Lipinski definition) is 1. The third kappa shape index (κ3) is 1.31. The van der Waals surface area contributed by atoms with Crippen molar-refractivity contribution < 1.29 is 4.42 Å². The molecule has 5 aromatic rings. The number of H-pyrrole nitrogens is 1. The summed E-state index contributed by atoms with van der Waals surface area (Å²) < 4.78 is 5.90. The van der Waals surface area contributed by atoms with Gasteiger partial charge in [0.05, 0.1) is 11.7 Å². The Morgan fingerprint density at radius 2 is 1.45 bits per heavy atom. The first-order valence-electron chi connectivity index (χ1n) is 7.04. The van der Waals surface area contributed by atoms with Crippen molar-refractivity contribution in [3.8, 4) is 0 Å². The average molecular weight is 286 g/mol. The molecule has 0 saturated heterocycles. The van der Waals surface area contributed by atoms with Gasteiger partial charge in [0.25, 0.3) is 5.56 Å². The molecular formula is C18H10N2O2. The second kappa shape index (κ2) is 3.95. The van der Waals surface area contributed by atoms with Crippen LogP contribution >= 0.6 is 0 Å². The molecule has 0 saturated carbocycles. The van der Waals surface area contributed by atoms with E-state index in [1.807, 2.05) is 36.4 Å². The Labute approximate surface area is 124 Å². The predicted octanol–water partition coefficient (Wildman–Crippen LogP) is 3.98. The van der Waals surface area contributed by atoms with Crippen LogP contribution in [0.25, 0.3) is 43.6 Å². The second-order valence-electron chi connectivity index (χ2n) is 5.31. The molecule has 0 spiro atoms. The number of benzene rings is 3. The van der Waals surface area contributed by atoms with Gasteiger partial charge in [-0.2, -0.15) is 0 Å². The highest BCUT2D eigenvalue weighted by Gasteiger charge is 2.17. The summed E-state index contributed by atoms with van der Waals surface area (Å²) in [7, 11) is 0. The molecule has 22 heavy (non-hydrogen) atoms. The molecule has 1 N–H and O–H groups in total. The zero-order valence-electron chi connectivity index (χ0n) is 11.5. The Bertz CT molecular complexity index is 1250. The monoisotopic (exact) mass is 286 g/mol. The minimum absolute atomic E-state index is 0.255. The normalized spacial score (nSPS) is 11.8. The van der Waals surface area contributed by atoms with Crippen molar-refractivity contribution in [2.45, 2.75) is 0 Å². The van der Waals surface area contributed by atoms with Crippen molar-refractivity contribution in [3.05, 3.63) is 65.2 Å². The first-order valence-corrected chi connectivity index (χ1v) is 7.04. The Morgan fingerprint density at radius 3 is 2.23 bits per heavy atom. The van der Waals surface area contributed by atoms with Crippen molar-refractivity contribution >= 4 is 43.6 Å². The number of furan rings is 1. The molecule has 0 fully saturated rings. The van der Waals surface area contributed by atoms with E-state index in [-0.39, 0.29) is 11.1 Å². The lowest BCUT2D eigenvalue weighted by Crippen LogP contribution is -2.03. The van der Waals surface area contributed by atoms with Gasteiger partial charge in [0.1, 0.15) is 11.1 Å². The molecule has 0 bridgehead atoms. The zero-order valence-corrected chi connectivity index (χ0v) is 11.5. The Balaban J connectivity index is 2.27. The van der Waals surface area contributed by atoms with E-state index in [4.69, 9.17) is 4.42 Å². The quantitative estimate of drug-likeness (QED) is 0.438. The van der Waals surface area contributed by atoms with E-state index in [2.05, 4.69) is 22.1 Å². The molecule has 0 aliphatic rings. The van der Waals surface area contributed by atoms with Crippen LogP contribution in [0.3, 0.4) is 0 Å². The summed E-state index contributed by atoms with van der Waals surface area (Å²) in [6.45, 7) is 0. The summed E-state index contributed by atoms with van der Waals surface area (Å²) in [5.74, 6) is 0. The van der Waals surface area contributed by atoms with E-state index in [1.54, 1.807) is 0 Å². The Morgan fingerprint density at radius 1 is 0.818 bits per heavy atom. The fraction of sp³-hybridized carbons (Fsp3) is 0. The average Bonchev–Trinajstić information content (AvgIpc) is 2.97. The number of aromatic amines is 1. The minimum Gasteiger partial charge on any atom is -0.448 e. The van der Waals surface area contributed by atoms with Crippen molar-refractivity contribution in [2.24, 2.45) is 0 Å². The first-order chi connectivity index (χ1) is 10.8. The Hall–Kier alpha value is -3.14. The summed E-state index contributed by atoms with van der Waals surface area (Å²) in [6, 6.07) is 16.2. The van der Waals surface area contributed by atoms with E-state index in [0.29, 0.717) is 11.1 Å². The van der Waals surface area contributed by atoms with Crippen LogP contribution in [0.5, 0.6) is 0 Å². The maximum absolute atomic E-state index is 12.0. The highest BCUT2D eigenvalue weighted by molar-refractivity contribution is 6.29. The SMILES string of the molecule is O=c1[nH]cnc2c1oc1c3ccccc3c3ccccc3c21. The molecule has 0 atom stereocenters. The number of nitrogens with one attached hydrogen (secondary N) is 1. The maximum Gasteiger partial charge on any atom is 0.294 e. The van der Waals surface area contributed by atoms with Gasteiger partial charge >= 0.3 is 0 Å².